The predicted molar refractivity (Wildman–Crippen MR) is 49.1 cm³/mol. The van der Waals surface area contributed by atoms with Gasteiger partial charge in [-0.3, -0.25) is 0 Å². The molecule has 1 atom stereocenters. The molecule has 76 valence electrons. The van der Waals surface area contributed by atoms with Crippen molar-refractivity contribution in [2.24, 2.45) is 0 Å². The Hall–Kier alpha value is -0.580. The van der Waals surface area contributed by atoms with E-state index >= 15 is 0 Å². The SMILES string of the molecule is C.C=CO.CCO.OCC1CO1. The maximum absolute atomic E-state index is 8.08. The zero-order valence-electron chi connectivity index (χ0n) is 6.73. The molecule has 1 saturated heterocycles. The summed E-state index contributed by atoms with van der Waals surface area (Å²) >= 11 is 0. The number of ether oxygens (including phenoxy) is 1. The first-order valence-corrected chi connectivity index (χ1v) is 3.35. The smallest absolute Gasteiger partial charge is 0.104 e. The van der Waals surface area contributed by atoms with Crippen molar-refractivity contribution in [3.05, 3.63) is 12.8 Å². The number of rotatable bonds is 1. The van der Waals surface area contributed by atoms with E-state index in [1.54, 1.807) is 6.92 Å². The largest absolute Gasteiger partial charge is 0.516 e. The van der Waals surface area contributed by atoms with Crippen LogP contribution in [-0.4, -0.2) is 41.2 Å². The second-order valence-corrected chi connectivity index (χ2v) is 1.64. The van der Waals surface area contributed by atoms with Gasteiger partial charge in [0.2, 0.25) is 0 Å². The van der Waals surface area contributed by atoms with Gasteiger partial charge in [-0.25, -0.2) is 0 Å². The summed E-state index contributed by atoms with van der Waals surface area (Å²) in [6.07, 6.45) is 0.940. The van der Waals surface area contributed by atoms with Crippen LogP contribution in [0.15, 0.2) is 12.8 Å². The molecule has 1 heterocycles. The Morgan fingerprint density at radius 2 is 1.83 bits per heavy atom. The van der Waals surface area contributed by atoms with E-state index in [-0.39, 0.29) is 26.7 Å². The molecule has 1 rings (SSSR count). The van der Waals surface area contributed by atoms with Crippen LogP contribution in [0.2, 0.25) is 0 Å². The Bertz CT molecular complexity index is 71.5. The molecular formula is C8H20O4. The first kappa shape index (κ1) is 17.5. The molecule has 3 N–H and O–H groups in total. The Morgan fingerprint density at radius 3 is 1.83 bits per heavy atom. The minimum absolute atomic E-state index is 0. The van der Waals surface area contributed by atoms with E-state index < -0.39 is 0 Å². The van der Waals surface area contributed by atoms with Crippen LogP contribution in [0.1, 0.15) is 14.4 Å². The second kappa shape index (κ2) is 16.8. The lowest BCUT2D eigenvalue weighted by Gasteiger charge is -1.70. The van der Waals surface area contributed by atoms with Crippen LogP contribution >= 0.6 is 0 Å². The molecular weight excluding hydrogens is 160 g/mol. The van der Waals surface area contributed by atoms with E-state index in [9.17, 15) is 0 Å². The van der Waals surface area contributed by atoms with Gasteiger partial charge < -0.3 is 20.1 Å². The summed E-state index contributed by atoms with van der Waals surface area (Å²) in [6, 6.07) is 0. The van der Waals surface area contributed by atoms with Crippen LogP contribution in [-0.2, 0) is 4.74 Å². The lowest BCUT2D eigenvalue weighted by molar-refractivity contribution is 0.244. The molecule has 0 spiro atoms. The van der Waals surface area contributed by atoms with Crippen LogP contribution in [0.25, 0.3) is 0 Å². The number of hydrogen-bond donors (Lipinski definition) is 3. The molecule has 0 radical (unpaired) electrons. The van der Waals surface area contributed by atoms with Gasteiger partial charge in [0.05, 0.1) is 19.5 Å². The highest BCUT2D eigenvalue weighted by Gasteiger charge is 2.19. The highest BCUT2D eigenvalue weighted by molar-refractivity contribution is 4.65. The average Bonchev–Trinajstić information content (AvgIpc) is 2.72. The summed E-state index contributed by atoms with van der Waals surface area (Å²) in [7, 11) is 0. The first-order valence-electron chi connectivity index (χ1n) is 3.35. The first-order chi connectivity index (χ1) is 5.26. The summed E-state index contributed by atoms with van der Waals surface area (Å²) in [5.74, 6) is 0. The normalized spacial score (nSPS) is 16.8. The summed E-state index contributed by atoms with van der Waals surface area (Å²) in [6.45, 7) is 5.80. The van der Waals surface area contributed by atoms with E-state index in [4.69, 9.17) is 15.3 Å². The van der Waals surface area contributed by atoms with Crippen molar-refractivity contribution in [3.63, 3.8) is 0 Å². The molecule has 12 heavy (non-hydrogen) atoms. The molecule has 1 unspecified atom stereocenters. The highest BCUT2D eigenvalue weighted by atomic mass is 16.6. The second-order valence-electron chi connectivity index (χ2n) is 1.64. The average molecular weight is 180 g/mol. The lowest BCUT2D eigenvalue weighted by atomic mass is 10.5. The molecule has 0 bridgehead atoms. The van der Waals surface area contributed by atoms with Gasteiger partial charge in [-0.2, -0.15) is 0 Å². The number of hydrogen-bond acceptors (Lipinski definition) is 4. The van der Waals surface area contributed by atoms with Gasteiger partial charge in [0.15, 0.2) is 0 Å². The number of epoxide rings is 1. The third-order valence-electron chi connectivity index (χ3n) is 0.606. The Kier molecular flexibility index (Phi) is 24.5. The topological polar surface area (TPSA) is 73.2 Å². The van der Waals surface area contributed by atoms with Gasteiger partial charge in [0.25, 0.3) is 0 Å². The molecule has 1 aliphatic heterocycles. The minimum atomic E-state index is 0. The van der Waals surface area contributed by atoms with E-state index in [0.29, 0.717) is 0 Å². The van der Waals surface area contributed by atoms with Crippen molar-refractivity contribution in [1.29, 1.82) is 0 Å². The highest BCUT2D eigenvalue weighted by Crippen LogP contribution is 2.04. The maximum Gasteiger partial charge on any atom is 0.104 e. The van der Waals surface area contributed by atoms with Crippen LogP contribution in [0, 0.1) is 0 Å². The molecule has 1 aliphatic rings. The van der Waals surface area contributed by atoms with Gasteiger partial charge in [-0.1, -0.05) is 14.0 Å². The van der Waals surface area contributed by atoms with Gasteiger partial charge >= 0.3 is 0 Å². The van der Waals surface area contributed by atoms with Crippen molar-refractivity contribution < 1.29 is 20.1 Å². The monoisotopic (exact) mass is 180 g/mol. The molecule has 0 saturated carbocycles. The number of aliphatic hydroxyl groups is 3. The molecule has 4 nitrogen and oxygen atoms in total. The van der Waals surface area contributed by atoms with Crippen molar-refractivity contribution in [3.8, 4) is 0 Å². The summed E-state index contributed by atoms with van der Waals surface area (Å²) in [4.78, 5) is 0. The molecule has 0 aromatic rings. The standard InChI is InChI=1S/C3H6O2.C2H6O.C2H4O.CH4/c4-1-3-2-5-3;2*1-2-3;/h3-4H,1-2H2;3H,2H2,1H3;2-3H,1H2;1H4. The Morgan fingerprint density at radius 1 is 1.58 bits per heavy atom. The van der Waals surface area contributed by atoms with Crippen molar-refractivity contribution in [2.45, 2.75) is 20.5 Å². The summed E-state index contributed by atoms with van der Waals surface area (Å²) in [5.41, 5.74) is 0. The van der Waals surface area contributed by atoms with E-state index in [1.807, 2.05) is 0 Å². The van der Waals surface area contributed by atoms with E-state index in [2.05, 4.69) is 11.3 Å². The van der Waals surface area contributed by atoms with E-state index in [1.165, 1.54) is 0 Å². The molecule has 0 aliphatic carbocycles. The Labute approximate surface area is 74.1 Å². The van der Waals surface area contributed by atoms with E-state index in [0.717, 1.165) is 12.9 Å². The van der Waals surface area contributed by atoms with Gasteiger partial charge in [0.1, 0.15) is 6.10 Å². The third-order valence-corrected chi connectivity index (χ3v) is 0.606. The summed E-state index contributed by atoms with van der Waals surface area (Å²) in [5, 5.41) is 23.0. The third kappa shape index (κ3) is 34.2. The van der Waals surface area contributed by atoms with Crippen LogP contribution in [0.5, 0.6) is 0 Å². The fraction of sp³-hybridized carbons (Fsp3) is 0.750. The Balaban J connectivity index is -0.000000104. The molecule has 0 aromatic heterocycles. The van der Waals surface area contributed by atoms with Crippen LogP contribution < -0.4 is 0 Å². The zero-order valence-corrected chi connectivity index (χ0v) is 6.73. The molecule has 0 amide bonds. The van der Waals surface area contributed by atoms with Crippen LogP contribution in [0.4, 0.5) is 0 Å². The quantitative estimate of drug-likeness (QED) is 0.410. The summed E-state index contributed by atoms with van der Waals surface area (Å²) < 4.78 is 4.61. The molecule has 4 heteroatoms. The molecule has 0 aromatic carbocycles. The van der Waals surface area contributed by atoms with Crippen molar-refractivity contribution >= 4 is 0 Å². The maximum atomic E-state index is 8.08. The van der Waals surface area contributed by atoms with Gasteiger partial charge in [0, 0.05) is 6.61 Å². The molecule has 1 fully saturated rings. The van der Waals surface area contributed by atoms with Crippen molar-refractivity contribution in [2.75, 3.05) is 19.8 Å². The fourth-order valence-electron chi connectivity index (χ4n) is 0.173. The van der Waals surface area contributed by atoms with Gasteiger partial charge in [-0.15, -0.1) is 0 Å². The van der Waals surface area contributed by atoms with Gasteiger partial charge in [-0.05, 0) is 6.92 Å². The predicted octanol–water partition coefficient (Wildman–Crippen LogP) is 0.700. The number of aliphatic hydroxyl groups excluding tert-OH is 3. The fourth-order valence-corrected chi connectivity index (χ4v) is 0.173. The van der Waals surface area contributed by atoms with Crippen LogP contribution in [0.3, 0.4) is 0 Å². The zero-order chi connectivity index (χ0) is 9.11. The van der Waals surface area contributed by atoms with Crippen molar-refractivity contribution in [1.82, 2.24) is 0 Å². The lowest BCUT2D eigenvalue weighted by Crippen LogP contribution is -1.88. The minimum Gasteiger partial charge on any atom is -0.516 e.